The zero-order chi connectivity index (χ0) is 11.7. The number of H-pyrrole nitrogens is 1. The highest BCUT2D eigenvalue weighted by molar-refractivity contribution is 5.94. The van der Waals surface area contributed by atoms with Crippen molar-refractivity contribution in [3.8, 4) is 11.3 Å². The summed E-state index contributed by atoms with van der Waals surface area (Å²) in [7, 11) is 0. The SMILES string of the molecule is NCCc1nonc1-c1c[nH]c2ccccc12. The van der Waals surface area contributed by atoms with Crippen LogP contribution in [0.4, 0.5) is 0 Å². The highest BCUT2D eigenvalue weighted by atomic mass is 16.6. The zero-order valence-corrected chi connectivity index (χ0v) is 9.18. The molecular weight excluding hydrogens is 216 g/mol. The first-order chi connectivity index (χ1) is 8.40. The van der Waals surface area contributed by atoms with E-state index in [-0.39, 0.29) is 0 Å². The van der Waals surface area contributed by atoms with Crippen molar-refractivity contribution < 1.29 is 4.63 Å². The van der Waals surface area contributed by atoms with Gasteiger partial charge in [-0.25, -0.2) is 4.63 Å². The maximum absolute atomic E-state index is 5.54. The van der Waals surface area contributed by atoms with E-state index in [2.05, 4.69) is 15.3 Å². The molecule has 0 aliphatic heterocycles. The van der Waals surface area contributed by atoms with Crippen molar-refractivity contribution in [2.24, 2.45) is 5.73 Å². The van der Waals surface area contributed by atoms with Crippen molar-refractivity contribution >= 4 is 10.9 Å². The second-order valence-electron chi connectivity index (χ2n) is 3.85. The fourth-order valence-corrected chi connectivity index (χ4v) is 1.98. The Hall–Kier alpha value is -2.14. The Morgan fingerprint density at radius 3 is 3.00 bits per heavy atom. The normalized spacial score (nSPS) is 11.1. The topological polar surface area (TPSA) is 80.7 Å². The predicted octanol–water partition coefficient (Wildman–Crippen LogP) is 1.72. The average Bonchev–Trinajstić information content (AvgIpc) is 2.95. The molecule has 5 nitrogen and oxygen atoms in total. The Morgan fingerprint density at radius 2 is 2.12 bits per heavy atom. The van der Waals surface area contributed by atoms with Gasteiger partial charge in [-0.1, -0.05) is 23.4 Å². The summed E-state index contributed by atoms with van der Waals surface area (Å²) in [5.74, 6) is 0. The molecule has 3 rings (SSSR count). The van der Waals surface area contributed by atoms with Gasteiger partial charge in [0.2, 0.25) is 0 Å². The fraction of sp³-hybridized carbons (Fsp3) is 0.167. The van der Waals surface area contributed by atoms with Gasteiger partial charge in [0.25, 0.3) is 0 Å². The number of nitrogens with one attached hydrogen (secondary N) is 1. The molecule has 3 aromatic rings. The van der Waals surface area contributed by atoms with Crippen LogP contribution in [0.3, 0.4) is 0 Å². The number of aromatic nitrogens is 3. The molecule has 0 amide bonds. The Kier molecular flexibility index (Phi) is 2.38. The van der Waals surface area contributed by atoms with Crippen LogP contribution < -0.4 is 5.73 Å². The minimum atomic E-state index is 0.531. The molecule has 0 fully saturated rings. The van der Waals surface area contributed by atoms with E-state index in [0.717, 1.165) is 27.9 Å². The fourth-order valence-electron chi connectivity index (χ4n) is 1.98. The Bertz CT molecular complexity index is 641. The largest absolute Gasteiger partial charge is 0.360 e. The molecule has 3 N–H and O–H groups in total. The summed E-state index contributed by atoms with van der Waals surface area (Å²) in [6.45, 7) is 0.531. The van der Waals surface area contributed by atoms with Crippen molar-refractivity contribution in [3.05, 3.63) is 36.2 Å². The van der Waals surface area contributed by atoms with Crippen LogP contribution in [0, 0.1) is 0 Å². The molecule has 2 heterocycles. The average molecular weight is 228 g/mol. The van der Waals surface area contributed by atoms with Gasteiger partial charge in [0.15, 0.2) is 0 Å². The molecule has 5 heteroatoms. The molecule has 2 aromatic heterocycles. The van der Waals surface area contributed by atoms with Gasteiger partial charge in [0.1, 0.15) is 11.4 Å². The minimum Gasteiger partial charge on any atom is -0.360 e. The third-order valence-corrected chi connectivity index (χ3v) is 2.78. The Balaban J connectivity index is 2.17. The molecule has 0 saturated carbocycles. The smallest absolute Gasteiger partial charge is 0.140 e. The first-order valence-corrected chi connectivity index (χ1v) is 5.48. The lowest BCUT2D eigenvalue weighted by molar-refractivity contribution is 0.304. The molecule has 0 aliphatic rings. The summed E-state index contributed by atoms with van der Waals surface area (Å²) in [4.78, 5) is 3.21. The van der Waals surface area contributed by atoms with Gasteiger partial charge in [-0.15, -0.1) is 0 Å². The van der Waals surface area contributed by atoms with Gasteiger partial charge in [-0.05, 0) is 17.8 Å². The van der Waals surface area contributed by atoms with Crippen LogP contribution in [-0.2, 0) is 6.42 Å². The lowest BCUT2D eigenvalue weighted by Gasteiger charge is -1.96. The molecule has 0 radical (unpaired) electrons. The first-order valence-electron chi connectivity index (χ1n) is 5.48. The van der Waals surface area contributed by atoms with E-state index in [9.17, 15) is 0 Å². The summed E-state index contributed by atoms with van der Waals surface area (Å²) < 4.78 is 4.80. The van der Waals surface area contributed by atoms with E-state index in [1.807, 2.05) is 30.5 Å². The number of hydrogen-bond donors (Lipinski definition) is 2. The van der Waals surface area contributed by atoms with E-state index in [1.54, 1.807) is 0 Å². The van der Waals surface area contributed by atoms with Crippen LogP contribution in [0.25, 0.3) is 22.2 Å². The lowest BCUT2D eigenvalue weighted by Crippen LogP contribution is -2.03. The maximum atomic E-state index is 5.54. The molecule has 0 saturated heterocycles. The second kappa shape index (κ2) is 4.03. The number of hydrogen-bond acceptors (Lipinski definition) is 4. The highest BCUT2D eigenvalue weighted by Gasteiger charge is 2.15. The van der Waals surface area contributed by atoms with Crippen LogP contribution in [0.5, 0.6) is 0 Å². The van der Waals surface area contributed by atoms with Gasteiger partial charge < -0.3 is 10.7 Å². The lowest BCUT2D eigenvalue weighted by atomic mass is 10.1. The maximum Gasteiger partial charge on any atom is 0.140 e. The number of aromatic amines is 1. The Labute approximate surface area is 97.6 Å². The number of fused-ring (bicyclic) bond motifs is 1. The molecule has 0 atom stereocenters. The quantitative estimate of drug-likeness (QED) is 0.715. The van der Waals surface area contributed by atoms with Crippen LogP contribution >= 0.6 is 0 Å². The molecule has 0 spiro atoms. The van der Waals surface area contributed by atoms with Gasteiger partial charge in [-0.2, -0.15) is 0 Å². The highest BCUT2D eigenvalue weighted by Crippen LogP contribution is 2.28. The number of benzene rings is 1. The zero-order valence-electron chi connectivity index (χ0n) is 9.18. The van der Waals surface area contributed by atoms with Crippen LogP contribution in [0.15, 0.2) is 35.1 Å². The molecule has 0 unspecified atom stereocenters. The molecule has 0 aliphatic carbocycles. The number of rotatable bonds is 3. The summed E-state index contributed by atoms with van der Waals surface area (Å²) in [5, 5.41) is 8.97. The van der Waals surface area contributed by atoms with Crippen molar-refractivity contribution in [2.75, 3.05) is 6.54 Å². The third kappa shape index (κ3) is 1.60. The van der Waals surface area contributed by atoms with Gasteiger partial charge in [0, 0.05) is 29.1 Å². The first kappa shape index (κ1) is 10.0. The molecule has 86 valence electrons. The summed E-state index contributed by atoms with van der Waals surface area (Å²) in [5.41, 5.74) is 9.19. The molecule has 0 bridgehead atoms. The molecular formula is C12H12N4O. The van der Waals surface area contributed by atoms with Crippen LogP contribution in [-0.4, -0.2) is 21.8 Å². The number of para-hydroxylation sites is 1. The van der Waals surface area contributed by atoms with Crippen molar-refractivity contribution in [2.45, 2.75) is 6.42 Å². The van der Waals surface area contributed by atoms with Crippen molar-refractivity contribution in [1.82, 2.24) is 15.3 Å². The predicted molar refractivity (Wildman–Crippen MR) is 64.3 cm³/mol. The van der Waals surface area contributed by atoms with Gasteiger partial charge in [0.05, 0.1) is 0 Å². The Morgan fingerprint density at radius 1 is 1.24 bits per heavy atom. The van der Waals surface area contributed by atoms with Crippen molar-refractivity contribution in [1.29, 1.82) is 0 Å². The summed E-state index contributed by atoms with van der Waals surface area (Å²) >= 11 is 0. The van der Waals surface area contributed by atoms with E-state index in [0.29, 0.717) is 13.0 Å². The summed E-state index contributed by atoms with van der Waals surface area (Å²) in [6, 6.07) is 8.05. The standard InChI is InChI=1S/C12H12N4O/c13-6-5-11-12(16-17-15-11)9-7-14-10-4-2-1-3-8(9)10/h1-4,7,14H,5-6,13H2. The summed E-state index contributed by atoms with van der Waals surface area (Å²) in [6.07, 6.45) is 2.59. The van der Waals surface area contributed by atoms with Gasteiger partial charge >= 0.3 is 0 Å². The van der Waals surface area contributed by atoms with Crippen LogP contribution in [0.1, 0.15) is 5.69 Å². The van der Waals surface area contributed by atoms with Crippen LogP contribution in [0.2, 0.25) is 0 Å². The van der Waals surface area contributed by atoms with E-state index >= 15 is 0 Å². The number of nitrogens with two attached hydrogens (primary N) is 1. The van der Waals surface area contributed by atoms with Gasteiger partial charge in [-0.3, -0.25) is 0 Å². The second-order valence-corrected chi connectivity index (χ2v) is 3.85. The molecule has 17 heavy (non-hydrogen) atoms. The van der Waals surface area contributed by atoms with E-state index in [4.69, 9.17) is 10.4 Å². The van der Waals surface area contributed by atoms with E-state index in [1.165, 1.54) is 0 Å². The third-order valence-electron chi connectivity index (χ3n) is 2.78. The van der Waals surface area contributed by atoms with E-state index < -0.39 is 0 Å². The van der Waals surface area contributed by atoms with Crippen molar-refractivity contribution in [3.63, 3.8) is 0 Å². The monoisotopic (exact) mass is 228 g/mol. The minimum absolute atomic E-state index is 0.531. The number of nitrogens with zero attached hydrogens (tertiary/aromatic N) is 2. The molecule has 1 aromatic carbocycles.